The van der Waals surface area contributed by atoms with E-state index < -0.39 is 0 Å². The first-order valence-electron chi connectivity index (χ1n) is 4.74. The van der Waals surface area contributed by atoms with Crippen molar-refractivity contribution >= 4 is 34.2 Å². The van der Waals surface area contributed by atoms with Gasteiger partial charge in [-0.15, -0.1) is 0 Å². The summed E-state index contributed by atoms with van der Waals surface area (Å²) in [7, 11) is 0. The zero-order valence-electron chi connectivity index (χ0n) is 8.34. The molecule has 15 heavy (non-hydrogen) atoms. The van der Waals surface area contributed by atoms with Crippen LogP contribution >= 0.6 is 24.0 Å². The number of benzene rings is 1. The zero-order chi connectivity index (χ0) is 10.8. The monoisotopic (exact) mass is 237 g/mol. The lowest BCUT2D eigenvalue weighted by Crippen LogP contribution is -2.31. The molecule has 0 radical (unpaired) electrons. The Hall–Kier alpha value is -0.870. The van der Waals surface area contributed by atoms with E-state index in [1.807, 2.05) is 37.3 Å². The lowest BCUT2D eigenvalue weighted by atomic mass is 10.1. The summed E-state index contributed by atoms with van der Waals surface area (Å²) in [5.41, 5.74) is 1.12. The molecule has 0 saturated carbocycles. The molecular weight excluding hydrogens is 226 g/mol. The standard InChI is InChI=1S/C11H11NOS2/c1-8(9-5-3-2-4-6-9)12-10(13)7-15-11(12)14/h2-6,8H,7H2,1H3/t8-/m1/s1. The van der Waals surface area contributed by atoms with E-state index in [1.165, 1.54) is 11.8 Å². The van der Waals surface area contributed by atoms with Crippen LogP contribution in [-0.2, 0) is 4.79 Å². The largest absolute Gasteiger partial charge is 0.290 e. The fourth-order valence-electron chi connectivity index (χ4n) is 1.62. The van der Waals surface area contributed by atoms with Crippen LogP contribution in [0.2, 0.25) is 0 Å². The van der Waals surface area contributed by atoms with Crippen LogP contribution < -0.4 is 0 Å². The number of hydrogen-bond donors (Lipinski definition) is 0. The number of nitrogens with zero attached hydrogens (tertiary/aromatic N) is 1. The second kappa shape index (κ2) is 4.33. The van der Waals surface area contributed by atoms with Gasteiger partial charge in [0.05, 0.1) is 11.8 Å². The van der Waals surface area contributed by atoms with E-state index in [-0.39, 0.29) is 11.9 Å². The second-order valence-corrected chi connectivity index (χ2v) is 5.01. The minimum absolute atomic E-state index is 0.0428. The van der Waals surface area contributed by atoms with Gasteiger partial charge in [0.25, 0.3) is 0 Å². The average molecular weight is 237 g/mol. The third-order valence-electron chi connectivity index (χ3n) is 2.45. The summed E-state index contributed by atoms with van der Waals surface area (Å²) in [5.74, 6) is 0.595. The Bertz CT molecular complexity index is 375. The molecule has 78 valence electrons. The summed E-state index contributed by atoms with van der Waals surface area (Å²) in [6.45, 7) is 2.01. The highest BCUT2D eigenvalue weighted by molar-refractivity contribution is 8.23. The molecule has 0 bridgehead atoms. The molecule has 1 aromatic rings. The Kier molecular flexibility index (Phi) is 3.07. The SMILES string of the molecule is C[C@H](c1ccccc1)N1C(=O)CSC1=S. The molecule has 2 nitrogen and oxygen atoms in total. The highest BCUT2D eigenvalue weighted by atomic mass is 32.2. The van der Waals surface area contributed by atoms with Crippen LogP contribution in [0.4, 0.5) is 0 Å². The maximum absolute atomic E-state index is 11.6. The molecule has 0 N–H and O–H groups in total. The van der Waals surface area contributed by atoms with Crippen molar-refractivity contribution in [2.45, 2.75) is 13.0 Å². The molecule has 1 heterocycles. The van der Waals surface area contributed by atoms with Crippen molar-refractivity contribution in [2.24, 2.45) is 0 Å². The molecule has 0 aliphatic carbocycles. The number of carbonyl (C=O) groups excluding carboxylic acids is 1. The van der Waals surface area contributed by atoms with Gasteiger partial charge in [0.15, 0.2) is 0 Å². The Labute approximate surface area is 98.7 Å². The van der Waals surface area contributed by atoms with E-state index in [0.29, 0.717) is 10.1 Å². The topological polar surface area (TPSA) is 20.3 Å². The first-order chi connectivity index (χ1) is 7.20. The van der Waals surface area contributed by atoms with Crippen molar-refractivity contribution in [2.75, 3.05) is 5.75 Å². The van der Waals surface area contributed by atoms with E-state index in [4.69, 9.17) is 12.2 Å². The van der Waals surface area contributed by atoms with Gasteiger partial charge in [-0.2, -0.15) is 0 Å². The zero-order valence-corrected chi connectivity index (χ0v) is 9.98. The van der Waals surface area contributed by atoms with Crippen LogP contribution in [0.5, 0.6) is 0 Å². The number of thioether (sulfide) groups is 1. The van der Waals surface area contributed by atoms with Crippen molar-refractivity contribution in [1.29, 1.82) is 0 Å². The highest BCUT2D eigenvalue weighted by Crippen LogP contribution is 2.29. The number of hydrogen-bond acceptors (Lipinski definition) is 3. The lowest BCUT2D eigenvalue weighted by molar-refractivity contribution is -0.125. The van der Waals surface area contributed by atoms with Gasteiger partial charge in [0, 0.05) is 0 Å². The molecule has 4 heteroatoms. The van der Waals surface area contributed by atoms with E-state index in [2.05, 4.69) is 0 Å². The minimum Gasteiger partial charge on any atom is -0.290 e. The highest BCUT2D eigenvalue weighted by Gasteiger charge is 2.31. The molecule has 1 amide bonds. The van der Waals surface area contributed by atoms with Crippen LogP contribution in [0.3, 0.4) is 0 Å². The summed E-state index contributed by atoms with van der Waals surface area (Å²) in [6, 6.07) is 9.99. The van der Waals surface area contributed by atoms with Crippen LogP contribution in [-0.4, -0.2) is 20.9 Å². The van der Waals surface area contributed by atoms with E-state index in [1.54, 1.807) is 4.90 Å². The molecular formula is C11H11NOS2. The van der Waals surface area contributed by atoms with Gasteiger partial charge in [-0.05, 0) is 12.5 Å². The van der Waals surface area contributed by atoms with Crippen molar-refractivity contribution in [3.8, 4) is 0 Å². The fraction of sp³-hybridized carbons (Fsp3) is 0.273. The second-order valence-electron chi connectivity index (χ2n) is 3.40. The Morgan fingerprint density at radius 1 is 1.40 bits per heavy atom. The van der Waals surface area contributed by atoms with Crippen LogP contribution in [0.1, 0.15) is 18.5 Å². The predicted molar refractivity (Wildman–Crippen MR) is 66.8 cm³/mol. The first-order valence-corrected chi connectivity index (χ1v) is 6.13. The van der Waals surface area contributed by atoms with Gasteiger partial charge in [-0.25, -0.2) is 0 Å². The van der Waals surface area contributed by atoms with Gasteiger partial charge in [0.1, 0.15) is 4.32 Å². The maximum Gasteiger partial charge on any atom is 0.239 e. The molecule has 0 unspecified atom stereocenters. The Morgan fingerprint density at radius 2 is 2.07 bits per heavy atom. The third kappa shape index (κ3) is 2.06. The summed E-state index contributed by atoms with van der Waals surface area (Å²) < 4.78 is 0.691. The van der Waals surface area contributed by atoms with Gasteiger partial charge < -0.3 is 0 Å². The van der Waals surface area contributed by atoms with Crippen molar-refractivity contribution in [1.82, 2.24) is 4.90 Å². The summed E-state index contributed by atoms with van der Waals surface area (Å²) in [4.78, 5) is 13.3. The van der Waals surface area contributed by atoms with Crippen molar-refractivity contribution in [3.63, 3.8) is 0 Å². The molecule has 1 saturated heterocycles. The van der Waals surface area contributed by atoms with Crippen LogP contribution in [0.25, 0.3) is 0 Å². The molecule has 1 aromatic carbocycles. The number of amides is 1. The molecule has 1 aliphatic heterocycles. The van der Waals surface area contributed by atoms with Gasteiger partial charge in [-0.1, -0.05) is 54.3 Å². The molecule has 0 spiro atoms. The minimum atomic E-state index is 0.0428. The molecule has 2 rings (SSSR count). The number of thiocarbonyl (C=S) groups is 1. The van der Waals surface area contributed by atoms with Gasteiger partial charge in [-0.3, -0.25) is 9.69 Å². The normalized spacial score (nSPS) is 18.3. The average Bonchev–Trinajstić information content (AvgIpc) is 2.59. The van der Waals surface area contributed by atoms with E-state index in [0.717, 1.165) is 5.56 Å². The molecule has 1 aliphatic rings. The van der Waals surface area contributed by atoms with E-state index in [9.17, 15) is 4.79 Å². The van der Waals surface area contributed by atoms with Gasteiger partial charge >= 0.3 is 0 Å². The molecule has 1 atom stereocenters. The summed E-state index contributed by atoms with van der Waals surface area (Å²) >= 11 is 6.61. The van der Waals surface area contributed by atoms with E-state index >= 15 is 0 Å². The van der Waals surface area contributed by atoms with Crippen molar-refractivity contribution in [3.05, 3.63) is 35.9 Å². The first kappa shape index (κ1) is 10.6. The third-order valence-corrected chi connectivity index (χ3v) is 3.84. The van der Waals surface area contributed by atoms with Crippen LogP contribution in [0, 0.1) is 0 Å². The molecule has 0 aromatic heterocycles. The van der Waals surface area contributed by atoms with Crippen LogP contribution in [0.15, 0.2) is 30.3 Å². The maximum atomic E-state index is 11.6. The van der Waals surface area contributed by atoms with Gasteiger partial charge in [0.2, 0.25) is 5.91 Å². The summed E-state index contributed by atoms with van der Waals surface area (Å²) in [6.07, 6.45) is 0. The number of rotatable bonds is 2. The smallest absolute Gasteiger partial charge is 0.239 e. The predicted octanol–water partition coefficient (Wildman–Crippen LogP) is 2.61. The lowest BCUT2D eigenvalue weighted by Gasteiger charge is -2.23. The fourth-order valence-corrected chi connectivity index (χ4v) is 2.84. The quantitative estimate of drug-likeness (QED) is 0.737. The number of carbonyl (C=O) groups is 1. The Morgan fingerprint density at radius 3 is 2.60 bits per heavy atom. The Balaban J connectivity index is 2.24. The van der Waals surface area contributed by atoms with Crippen molar-refractivity contribution < 1.29 is 4.79 Å². The summed E-state index contributed by atoms with van der Waals surface area (Å²) in [5, 5.41) is 0. The molecule has 1 fully saturated rings.